The molecule has 1 N–H and O–H groups in total. The molecule has 0 amide bonds. The third kappa shape index (κ3) is 1.32. The molecule has 5 nitrogen and oxygen atoms in total. The Labute approximate surface area is 135 Å². The second-order valence-corrected chi connectivity index (χ2v) is 7.44. The van der Waals surface area contributed by atoms with Crippen molar-refractivity contribution in [3.05, 3.63) is 23.3 Å². The van der Waals surface area contributed by atoms with E-state index in [-0.39, 0.29) is 11.8 Å². The fourth-order valence-corrected chi connectivity index (χ4v) is 5.69. The van der Waals surface area contributed by atoms with Gasteiger partial charge < -0.3 is 19.5 Å². The summed E-state index contributed by atoms with van der Waals surface area (Å²) >= 11 is 0. The van der Waals surface area contributed by atoms with E-state index in [4.69, 9.17) is 9.47 Å². The average molecular weight is 315 g/mol. The summed E-state index contributed by atoms with van der Waals surface area (Å²) in [7, 11) is 3.70. The van der Waals surface area contributed by atoms with Crippen LogP contribution < -0.4 is 9.47 Å². The highest BCUT2D eigenvalue weighted by Gasteiger charge is 2.72. The number of likely N-dealkylation sites (N-methyl/N-ethyl adjacent to an activating group) is 1. The Morgan fingerprint density at radius 3 is 3.00 bits per heavy atom. The molecule has 2 fully saturated rings. The lowest BCUT2D eigenvalue weighted by Crippen LogP contribution is -2.76. The molecule has 1 saturated heterocycles. The third-order valence-corrected chi connectivity index (χ3v) is 6.73. The van der Waals surface area contributed by atoms with Crippen LogP contribution in [0.3, 0.4) is 0 Å². The number of methoxy groups -OCH3 is 1. The van der Waals surface area contributed by atoms with Crippen LogP contribution in [0.4, 0.5) is 0 Å². The average Bonchev–Trinajstić information content (AvgIpc) is 2.90. The predicted octanol–water partition coefficient (Wildman–Crippen LogP) is 1.05. The maximum Gasteiger partial charge on any atom is 0.174 e. The van der Waals surface area contributed by atoms with Gasteiger partial charge in [0.15, 0.2) is 23.4 Å². The molecule has 0 unspecified atom stereocenters. The van der Waals surface area contributed by atoms with E-state index >= 15 is 0 Å². The summed E-state index contributed by atoms with van der Waals surface area (Å²) in [4.78, 5) is 14.9. The van der Waals surface area contributed by atoms with Crippen molar-refractivity contribution >= 4 is 5.78 Å². The molecule has 2 heterocycles. The number of benzene rings is 1. The summed E-state index contributed by atoms with van der Waals surface area (Å²) in [6.07, 6.45) is 1.89. The Morgan fingerprint density at radius 2 is 2.22 bits per heavy atom. The minimum atomic E-state index is -0.900. The maximum absolute atomic E-state index is 12.7. The lowest BCUT2D eigenvalue weighted by Gasteiger charge is -2.62. The summed E-state index contributed by atoms with van der Waals surface area (Å²) in [6.45, 7) is 0.871. The van der Waals surface area contributed by atoms with Gasteiger partial charge in [0, 0.05) is 18.0 Å². The minimum Gasteiger partial charge on any atom is -0.493 e. The number of carbonyl (C=O) groups is 1. The van der Waals surface area contributed by atoms with Crippen LogP contribution in [0, 0.1) is 0 Å². The highest BCUT2D eigenvalue weighted by Crippen LogP contribution is 2.64. The molecular weight excluding hydrogens is 294 g/mol. The Morgan fingerprint density at radius 1 is 1.39 bits per heavy atom. The van der Waals surface area contributed by atoms with Crippen molar-refractivity contribution in [2.24, 2.45) is 0 Å². The summed E-state index contributed by atoms with van der Waals surface area (Å²) < 4.78 is 11.6. The van der Waals surface area contributed by atoms with Gasteiger partial charge in [-0.15, -0.1) is 0 Å². The first-order valence-electron chi connectivity index (χ1n) is 8.35. The van der Waals surface area contributed by atoms with Gasteiger partial charge in [-0.05, 0) is 44.5 Å². The zero-order chi connectivity index (χ0) is 16.0. The second kappa shape index (κ2) is 4.08. The first-order valence-corrected chi connectivity index (χ1v) is 8.35. The highest BCUT2D eigenvalue weighted by molar-refractivity contribution is 5.90. The number of rotatable bonds is 1. The van der Waals surface area contributed by atoms with E-state index in [0.29, 0.717) is 24.3 Å². The van der Waals surface area contributed by atoms with Gasteiger partial charge in [0.1, 0.15) is 0 Å². The van der Waals surface area contributed by atoms with Crippen LogP contribution in [0.5, 0.6) is 11.5 Å². The van der Waals surface area contributed by atoms with Gasteiger partial charge in [-0.1, -0.05) is 6.07 Å². The summed E-state index contributed by atoms with van der Waals surface area (Å²) in [5.74, 6) is 1.47. The first-order chi connectivity index (χ1) is 11.0. The fourth-order valence-electron chi connectivity index (χ4n) is 5.69. The van der Waals surface area contributed by atoms with E-state index < -0.39 is 17.1 Å². The molecule has 2 bridgehead atoms. The van der Waals surface area contributed by atoms with Crippen LogP contribution in [-0.4, -0.2) is 54.2 Å². The quantitative estimate of drug-likeness (QED) is 0.839. The highest BCUT2D eigenvalue weighted by atomic mass is 16.5. The molecule has 1 aromatic carbocycles. The van der Waals surface area contributed by atoms with Gasteiger partial charge >= 0.3 is 0 Å². The molecule has 0 radical (unpaired) electrons. The van der Waals surface area contributed by atoms with E-state index in [2.05, 4.69) is 18.0 Å². The molecule has 23 heavy (non-hydrogen) atoms. The summed E-state index contributed by atoms with van der Waals surface area (Å²) in [5.41, 5.74) is 0.737. The van der Waals surface area contributed by atoms with Gasteiger partial charge in [0.05, 0.1) is 18.1 Å². The molecule has 4 atom stereocenters. The van der Waals surface area contributed by atoms with Crippen molar-refractivity contribution in [3.8, 4) is 11.5 Å². The molecule has 1 aromatic rings. The van der Waals surface area contributed by atoms with Gasteiger partial charge in [-0.2, -0.15) is 0 Å². The number of Topliss-reactive ketones (excluding diaryl/α,β-unsaturated/α-hetero) is 1. The van der Waals surface area contributed by atoms with Crippen molar-refractivity contribution in [2.75, 3.05) is 20.7 Å². The molecule has 1 spiro atoms. The molecule has 122 valence electrons. The number of likely N-dealkylation sites (tertiary alicyclic amines) is 1. The van der Waals surface area contributed by atoms with Gasteiger partial charge in [0.25, 0.3) is 0 Å². The maximum atomic E-state index is 12.7. The van der Waals surface area contributed by atoms with Crippen LogP contribution in [0.1, 0.15) is 30.4 Å². The number of hydrogen-bond acceptors (Lipinski definition) is 5. The van der Waals surface area contributed by atoms with Crippen molar-refractivity contribution in [1.82, 2.24) is 4.90 Å². The molecule has 5 rings (SSSR count). The standard InChI is InChI=1S/C18H21NO4/c1-19-8-7-17-14-10-3-4-12(22-2)15(14)23-16(17)11(20)5-6-18(17,21)13(19)9-10/h3-4,13,16,21H,5-9H2,1-2H3/t13-,16-,17-,18+/m0/s1. The van der Waals surface area contributed by atoms with E-state index in [1.807, 2.05) is 6.07 Å². The summed E-state index contributed by atoms with van der Waals surface area (Å²) in [5, 5.41) is 11.7. The Bertz CT molecular complexity index is 732. The van der Waals surface area contributed by atoms with E-state index in [9.17, 15) is 9.90 Å². The van der Waals surface area contributed by atoms with Crippen molar-refractivity contribution < 1.29 is 19.4 Å². The van der Waals surface area contributed by atoms with E-state index in [1.54, 1.807) is 7.11 Å². The monoisotopic (exact) mass is 315 g/mol. The van der Waals surface area contributed by atoms with Crippen molar-refractivity contribution in [3.63, 3.8) is 0 Å². The third-order valence-electron chi connectivity index (χ3n) is 6.73. The van der Waals surface area contributed by atoms with Crippen LogP contribution in [0.25, 0.3) is 0 Å². The van der Waals surface area contributed by atoms with Crippen molar-refractivity contribution in [1.29, 1.82) is 0 Å². The zero-order valence-electron chi connectivity index (χ0n) is 13.5. The predicted molar refractivity (Wildman–Crippen MR) is 83.0 cm³/mol. The largest absolute Gasteiger partial charge is 0.493 e. The lowest BCUT2D eigenvalue weighted by atomic mass is 9.49. The summed E-state index contributed by atoms with van der Waals surface area (Å²) in [6, 6.07) is 4.05. The number of ether oxygens (including phenoxy) is 2. The van der Waals surface area contributed by atoms with Crippen LogP contribution in [-0.2, 0) is 16.6 Å². The topological polar surface area (TPSA) is 59.0 Å². The van der Waals surface area contributed by atoms with Gasteiger partial charge in [0.2, 0.25) is 0 Å². The van der Waals surface area contributed by atoms with Gasteiger partial charge in [-0.25, -0.2) is 0 Å². The Kier molecular flexibility index (Phi) is 2.45. The van der Waals surface area contributed by atoms with Gasteiger partial charge in [-0.3, -0.25) is 4.79 Å². The molecule has 2 aliphatic heterocycles. The van der Waals surface area contributed by atoms with Crippen molar-refractivity contribution in [2.45, 2.75) is 48.8 Å². The second-order valence-electron chi connectivity index (χ2n) is 7.44. The van der Waals surface area contributed by atoms with Crippen LogP contribution in [0.15, 0.2) is 12.1 Å². The molecule has 2 aliphatic carbocycles. The molecule has 0 aromatic heterocycles. The number of hydrogen-bond donors (Lipinski definition) is 1. The number of nitrogens with zero attached hydrogens (tertiary/aromatic N) is 1. The Hall–Kier alpha value is -1.59. The lowest BCUT2D eigenvalue weighted by molar-refractivity contribution is -0.185. The number of aliphatic hydroxyl groups is 1. The molecule has 5 heteroatoms. The van der Waals surface area contributed by atoms with Crippen LogP contribution in [0.2, 0.25) is 0 Å². The normalized spacial score (nSPS) is 40.6. The number of ketones is 1. The van der Waals surface area contributed by atoms with E-state index in [1.165, 1.54) is 5.56 Å². The fraction of sp³-hybridized carbons (Fsp3) is 0.611. The zero-order valence-corrected chi connectivity index (χ0v) is 13.5. The number of carbonyl (C=O) groups excluding carboxylic acids is 1. The first kappa shape index (κ1) is 13.8. The SMILES string of the molecule is COc1ccc2c3c1O[C@H]1C(=O)CC[C@@]4(O)[C@H](C2)N(C)CC[C@]314. The number of piperidine rings is 1. The molecule has 1 saturated carbocycles. The smallest absolute Gasteiger partial charge is 0.174 e. The molecular formula is C18H21NO4. The molecule has 4 aliphatic rings. The Balaban J connectivity index is 1.86. The van der Waals surface area contributed by atoms with E-state index in [0.717, 1.165) is 24.9 Å². The van der Waals surface area contributed by atoms with Crippen LogP contribution >= 0.6 is 0 Å². The minimum absolute atomic E-state index is 0.0438.